The van der Waals surface area contributed by atoms with Gasteiger partial charge >= 0.3 is 5.97 Å². The number of benzene rings is 1. The van der Waals surface area contributed by atoms with Crippen LogP contribution >= 0.6 is 0 Å². The molecule has 0 bridgehead atoms. The largest absolute Gasteiger partial charge is 0.462 e. The Morgan fingerprint density at radius 3 is 2.52 bits per heavy atom. The minimum atomic E-state index is -0.681. The summed E-state index contributed by atoms with van der Waals surface area (Å²) in [5, 5.41) is 14.6. The van der Waals surface area contributed by atoms with Crippen LogP contribution in [0.3, 0.4) is 0 Å². The Morgan fingerprint density at radius 1 is 1.30 bits per heavy atom. The number of hydrogen-bond donors (Lipinski definition) is 2. The molecule has 122 valence electrons. The number of rotatable bonds is 5. The fourth-order valence-corrected chi connectivity index (χ4v) is 1.51. The van der Waals surface area contributed by atoms with E-state index < -0.39 is 11.4 Å². The molecule has 1 aromatic rings. The van der Waals surface area contributed by atoms with E-state index in [1.165, 1.54) is 6.20 Å². The quantitative estimate of drug-likeness (QED) is 0.495. The Bertz CT molecular complexity index is 652. The molecule has 0 aliphatic rings. The second-order valence-corrected chi connectivity index (χ2v) is 5.82. The number of nitriles is 1. The van der Waals surface area contributed by atoms with Crippen molar-refractivity contribution in [3.05, 3.63) is 36.0 Å². The van der Waals surface area contributed by atoms with Crippen molar-refractivity contribution < 1.29 is 14.3 Å². The first-order valence-corrected chi connectivity index (χ1v) is 7.23. The van der Waals surface area contributed by atoms with Gasteiger partial charge in [0.1, 0.15) is 6.07 Å². The maximum atomic E-state index is 12.0. The van der Waals surface area contributed by atoms with Gasteiger partial charge in [0, 0.05) is 23.0 Å². The van der Waals surface area contributed by atoms with E-state index in [0.717, 1.165) is 0 Å². The van der Waals surface area contributed by atoms with Crippen molar-refractivity contribution in [3.8, 4) is 6.07 Å². The highest BCUT2D eigenvalue weighted by molar-refractivity contribution is 5.95. The summed E-state index contributed by atoms with van der Waals surface area (Å²) >= 11 is 0. The Kier molecular flexibility index (Phi) is 6.34. The molecular weight excluding hydrogens is 294 g/mol. The summed E-state index contributed by atoms with van der Waals surface area (Å²) in [5.74, 6) is -0.783. The molecule has 6 heteroatoms. The van der Waals surface area contributed by atoms with Gasteiger partial charge in [-0.15, -0.1) is 0 Å². The van der Waals surface area contributed by atoms with Crippen LogP contribution in [0.1, 0.15) is 27.7 Å². The molecule has 0 aromatic heterocycles. The van der Waals surface area contributed by atoms with E-state index in [0.29, 0.717) is 11.4 Å². The number of carbonyl (C=O) groups excluding carboxylic acids is 2. The van der Waals surface area contributed by atoms with Gasteiger partial charge in [0.15, 0.2) is 5.57 Å². The predicted octanol–water partition coefficient (Wildman–Crippen LogP) is 3.05. The number of nitrogens with zero attached hydrogens (tertiary/aromatic N) is 1. The van der Waals surface area contributed by atoms with Gasteiger partial charge < -0.3 is 15.4 Å². The molecule has 0 aliphatic heterocycles. The van der Waals surface area contributed by atoms with Crippen molar-refractivity contribution >= 4 is 23.3 Å². The normalized spacial score (nSPS) is 11.3. The molecule has 0 radical (unpaired) electrons. The van der Waals surface area contributed by atoms with Crippen molar-refractivity contribution in [2.24, 2.45) is 5.41 Å². The van der Waals surface area contributed by atoms with Gasteiger partial charge in [-0.05, 0) is 25.1 Å². The summed E-state index contributed by atoms with van der Waals surface area (Å²) in [5.41, 5.74) is 0.629. The minimum absolute atomic E-state index is 0.102. The molecule has 1 amide bonds. The average Bonchev–Trinajstić information content (AvgIpc) is 2.47. The van der Waals surface area contributed by atoms with Gasteiger partial charge in [0.25, 0.3) is 0 Å². The van der Waals surface area contributed by atoms with Crippen molar-refractivity contribution in [1.82, 2.24) is 0 Å². The molecule has 0 atom stereocenters. The molecule has 0 unspecified atom stereocenters. The minimum Gasteiger partial charge on any atom is -0.462 e. The number of ether oxygens (including phenoxy) is 1. The van der Waals surface area contributed by atoms with Gasteiger partial charge in [0.05, 0.1) is 6.61 Å². The van der Waals surface area contributed by atoms with Crippen LogP contribution in [-0.2, 0) is 14.3 Å². The Morgan fingerprint density at radius 2 is 1.96 bits per heavy atom. The third-order valence-corrected chi connectivity index (χ3v) is 2.80. The number of nitrogens with one attached hydrogen (secondary N) is 2. The molecule has 0 spiro atoms. The average molecular weight is 315 g/mol. The topological polar surface area (TPSA) is 91.2 Å². The molecule has 0 saturated carbocycles. The molecule has 23 heavy (non-hydrogen) atoms. The molecule has 6 nitrogen and oxygen atoms in total. The van der Waals surface area contributed by atoms with Crippen molar-refractivity contribution in [2.45, 2.75) is 27.7 Å². The van der Waals surface area contributed by atoms with E-state index in [-0.39, 0.29) is 18.1 Å². The summed E-state index contributed by atoms with van der Waals surface area (Å²) in [6.07, 6.45) is 1.28. The van der Waals surface area contributed by atoms with Crippen LogP contribution in [0.5, 0.6) is 0 Å². The number of anilines is 2. The molecule has 1 rings (SSSR count). The second-order valence-electron chi connectivity index (χ2n) is 5.82. The van der Waals surface area contributed by atoms with Crippen LogP contribution < -0.4 is 10.6 Å². The highest BCUT2D eigenvalue weighted by Crippen LogP contribution is 2.20. The maximum absolute atomic E-state index is 12.0. The number of carbonyl (C=O) groups is 2. The lowest BCUT2D eigenvalue weighted by Gasteiger charge is -2.18. The SMILES string of the molecule is CCOC(=O)/C(C#N)=C\Nc1cccc(NC(=O)C(C)(C)C)c1. The van der Waals surface area contributed by atoms with E-state index in [1.807, 2.05) is 20.8 Å². The zero-order chi connectivity index (χ0) is 17.5. The van der Waals surface area contributed by atoms with E-state index in [4.69, 9.17) is 10.00 Å². The Hall–Kier alpha value is -2.81. The van der Waals surface area contributed by atoms with Crippen LogP contribution in [0, 0.1) is 16.7 Å². The van der Waals surface area contributed by atoms with E-state index in [2.05, 4.69) is 10.6 Å². The smallest absolute Gasteiger partial charge is 0.350 e. The van der Waals surface area contributed by atoms with Gasteiger partial charge in [-0.1, -0.05) is 26.8 Å². The third kappa shape index (κ3) is 5.83. The molecule has 0 saturated heterocycles. The Labute approximate surface area is 136 Å². The Balaban J connectivity index is 2.83. The molecule has 1 aromatic carbocycles. The van der Waals surface area contributed by atoms with Gasteiger partial charge in [-0.3, -0.25) is 4.79 Å². The van der Waals surface area contributed by atoms with Gasteiger partial charge in [0.2, 0.25) is 5.91 Å². The first kappa shape index (κ1) is 18.2. The van der Waals surface area contributed by atoms with Gasteiger partial charge in [-0.2, -0.15) is 5.26 Å². The van der Waals surface area contributed by atoms with Crippen molar-refractivity contribution in [2.75, 3.05) is 17.2 Å². The van der Waals surface area contributed by atoms with Crippen LogP contribution in [0.4, 0.5) is 11.4 Å². The maximum Gasteiger partial charge on any atom is 0.350 e. The summed E-state index contributed by atoms with van der Waals surface area (Å²) in [6.45, 7) is 7.34. The van der Waals surface area contributed by atoms with E-state index in [9.17, 15) is 9.59 Å². The van der Waals surface area contributed by atoms with Crippen LogP contribution in [-0.4, -0.2) is 18.5 Å². The predicted molar refractivity (Wildman–Crippen MR) is 88.5 cm³/mol. The number of amides is 1. The molecule has 0 fully saturated rings. The summed E-state index contributed by atoms with van der Waals surface area (Å²) in [4.78, 5) is 23.5. The van der Waals surface area contributed by atoms with E-state index >= 15 is 0 Å². The highest BCUT2D eigenvalue weighted by Gasteiger charge is 2.21. The van der Waals surface area contributed by atoms with Crippen LogP contribution in [0.25, 0.3) is 0 Å². The lowest BCUT2D eigenvalue weighted by Crippen LogP contribution is -2.27. The van der Waals surface area contributed by atoms with Crippen molar-refractivity contribution in [3.63, 3.8) is 0 Å². The first-order valence-electron chi connectivity index (χ1n) is 7.23. The fourth-order valence-electron chi connectivity index (χ4n) is 1.51. The third-order valence-electron chi connectivity index (χ3n) is 2.80. The highest BCUT2D eigenvalue weighted by atomic mass is 16.5. The zero-order valence-electron chi connectivity index (χ0n) is 13.8. The monoisotopic (exact) mass is 315 g/mol. The number of esters is 1. The molecular formula is C17H21N3O3. The standard InChI is InChI=1S/C17H21N3O3/c1-5-23-15(21)12(10-18)11-19-13-7-6-8-14(9-13)20-16(22)17(2,3)4/h6-9,11,19H,5H2,1-4H3,(H,20,22)/b12-11-. The van der Waals surface area contributed by atoms with Crippen molar-refractivity contribution in [1.29, 1.82) is 5.26 Å². The molecule has 2 N–H and O–H groups in total. The fraction of sp³-hybridized carbons (Fsp3) is 0.353. The number of hydrogen-bond acceptors (Lipinski definition) is 5. The van der Waals surface area contributed by atoms with Gasteiger partial charge in [-0.25, -0.2) is 4.79 Å². The summed E-state index contributed by atoms with van der Waals surface area (Å²) in [6, 6.07) is 8.75. The summed E-state index contributed by atoms with van der Waals surface area (Å²) in [7, 11) is 0. The molecule has 0 aliphatic carbocycles. The van der Waals surface area contributed by atoms with E-state index in [1.54, 1.807) is 37.3 Å². The zero-order valence-corrected chi connectivity index (χ0v) is 13.8. The van der Waals surface area contributed by atoms with Crippen LogP contribution in [0.2, 0.25) is 0 Å². The first-order chi connectivity index (χ1) is 10.8. The second kappa shape index (κ2) is 7.99. The summed E-state index contributed by atoms with van der Waals surface area (Å²) < 4.78 is 4.77. The lowest BCUT2D eigenvalue weighted by atomic mass is 9.95. The van der Waals surface area contributed by atoms with Crippen LogP contribution in [0.15, 0.2) is 36.0 Å². The lowest BCUT2D eigenvalue weighted by molar-refractivity contribution is -0.138. The molecule has 0 heterocycles.